The third-order valence-corrected chi connectivity index (χ3v) is 2.80. The Hall–Kier alpha value is -1.03. The Morgan fingerprint density at radius 2 is 1.95 bits per heavy atom. The van der Waals surface area contributed by atoms with E-state index in [0.29, 0.717) is 12.8 Å². The third kappa shape index (κ3) is 13.4. The predicted molar refractivity (Wildman–Crippen MR) is 68.7 cm³/mol. The first-order valence-corrected chi connectivity index (χ1v) is 8.56. The van der Waals surface area contributed by atoms with Crippen LogP contribution in [-0.4, -0.2) is 33.1 Å². The van der Waals surface area contributed by atoms with Crippen molar-refractivity contribution in [2.24, 2.45) is 0 Å². The Bertz CT molecular complexity index is 554. The number of unbranched alkanes of at least 4 members (excludes halogenated alkanes) is 1. The van der Waals surface area contributed by atoms with Crippen LogP contribution >= 0.6 is 7.82 Å². The van der Waals surface area contributed by atoms with Crippen molar-refractivity contribution < 1.29 is 36.8 Å². The van der Waals surface area contributed by atoms with Gasteiger partial charge >= 0.3 is 0 Å². The van der Waals surface area contributed by atoms with Gasteiger partial charge in [0.15, 0.2) is 0 Å². The maximum absolute atomic E-state index is 10.4. The zero-order chi connectivity index (χ0) is 15.8. The van der Waals surface area contributed by atoms with Crippen LogP contribution in [0.3, 0.4) is 0 Å². The lowest BCUT2D eigenvalue weighted by Gasteiger charge is -2.01. The molecule has 1 aromatic rings. The number of nitrogens with zero attached hydrogens (tertiary/aromatic N) is 2. The average molecular weight is 328 g/mol. The van der Waals surface area contributed by atoms with Gasteiger partial charge in [0.05, 0.1) is 18.5 Å². The standard InChI is InChI=1S/C9H14N2O3S.H3O4P/c1-2-10-6-7-11(9-10)5-3-4-8-15(12,13)14;1-5(2,3)4/h2,6-7,9H,1,3-5,8H2;(H3,1,2,3,4). The van der Waals surface area contributed by atoms with Gasteiger partial charge in [0, 0.05) is 0 Å². The molecule has 20 heavy (non-hydrogen) atoms. The molecule has 0 unspecified atom stereocenters. The van der Waals surface area contributed by atoms with Crippen molar-refractivity contribution in [1.29, 1.82) is 0 Å². The van der Waals surface area contributed by atoms with Crippen LogP contribution in [-0.2, 0) is 21.2 Å². The molecule has 3 N–H and O–H groups in total. The first-order chi connectivity index (χ1) is 9.01. The summed E-state index contributed by atoms with van der Waals surface area (Å²) in [6, 6.07) is 0. The van der Waals surface area contributed by atoms with Crippen molar-refractivity contribution in [3.63, 3.8) is 0 Å². The molecule has 0 bridgehead atoms. The highest BCUT2D eigenvalue weighted by molar-refractivity contribution is 7.85. The molecule has 0 aliphatic rings. The molecule has 0 aromatic carbocycles. The Kier molecular flexibility index (Phi) is 7.87. The summed E-state index contributed by atoms with van der Waals surface area (Å²) in [6.07, 6.45) is 8.46. The molecule has 0 saturated carbocycles. The minimum absolute atomic E-state index is 0.171. The van der Waals surface area contributed by atoms with Gasteiger partial charge in [-0.25, -0.2) is 9.13 Å². The minimum atomic E-state index is -4.89. The largest absolute Gasteiger partial charge is 0.756 e. The molecule has 1 aromatic heterocycles. The summed E-state index contributed by atoms with van der Waals surface area (Å²) in [7, 11) is -8.70. The van der Waals surface area contributed by atoms with Crippen molar-refractivity contribution in [3.8, 4) is 0 Å². The van der Waals surface area contributed by atoms with E-state index < -0.39 is 17.9 Å². The minimum Gasteiger partial charge on any atom is -0.756 e. The van der Waals surface area contributed by atoms with E-state index in [1.54, 1.807) is 6.20 Å². The number of hydrogen-bond acceptors (Lipinski definition) is 4. The van der Waals surface area contributed by atoms with E-state index in [0.717, 1.165) is 6.54 Å². The predicted octanol–water partition coefficient (Wildman–Crippen LogP) is -1.02. The zero-order valence-corrected chi connectivity index (χ0v) is 12.3. The molecular formula is C9H17N2O7PS. The summed E-state index contributed by atoms with van der Waals surface area (Å²) in [5.41, 5.74) is 0. The number of aryl methyl sites for hydroxylation is 1. The number of imidazole rings is 1. The summed E-state index contributed by atoms with van der Waals surface area (Å²) < 4.78 is 41.9. The number of aromatic nitrogens is 2. The molecule has 1 rings (SSSR count). The van der Waals surface area contributed by atoms with Crippen LogP contribution in [0.25, 0.3) is 6.20 Å². The van der Waals surface area contributed by atoms with Crippen molar-refractivity contribution >= 4 is 24.1 Å². The molecule has 0 amide bonds. The maximum atomic E-state index is 10.4. The number of phosphoric acid groups is 1. The normalized spacial score (nSPS) is 11.6. The quantitative estimate of drug-likeness (QED) is 0.262. The lowest BCUT2D eigenvalue weighted by Crippen LogP contribution is -2.30. The lowest BCUT2D eigenvalue weighted by atomic mass is 10.3. The third-order valence-electron chi connectivity index (χ3n) is 1.99. The highest BCUT2D eigenvalue weighted by Crippen LogP contribution is 2.18. The Balaban J connectivity index is 0.000000621. The lowest BCUT2D eigenvalue weighted by molar-refractivity contribution is -0.696. The van der Waals surface area contributed by atoms with Gasteiger partial charge < -0.3 is 14.7 Å². The SMILES string of the molecule is C=Cn1cc[n+](CCCCS(=O)(=O)O)c1.O=P([O-])(O)O. The monoisotopic (exact) mass is 328 g/mol. The fraction of sp³-hybridized carbons (Fsp3) is 0.444. The molecule has 0 atom stereocenters. The highest BCUT2D eigenvalue weighted by atomic mass is 32.2. The summed E-state index contributed by atoms with van der Waals surface area (Å²) >= 11 is 0. The number of hydrogen-bond donors (Lipinski definition) is 3. The molecule has 11 heteroatoms. The molecule has 0 radical (unpaired) electrons. The Morgan fingerprint density at radius 3 is 2.35 bits per heavy atom. The van der Waals surface area contributed by atoms with E-state index in [1.165, 1.54) is 0 Å². The van der Waals surface area contributed by atoms with Crippen LogP contribution in [0, 0.1) is 0 Å². The van der Waals surface area contributed by atoms with Gasteiger partial charge in [-0.05, 0) is 12.8 Å². The van der Waals surface area contributed by atoms with E-state index >= 15 is 0 Å². The molecule has 0 saturated heterocycles. The molecule has 0 aliphatic carbocycles. The second kappa shape index (κ2) is 8.30. The van der Waals surface area contributed by atoms with Gasteiger partial charge in [-0.15, -0.1) is 0 Å². The second-order valence-electron chi connectivity index (χ2n) is 3.76. The Labute approximate surface area is 116 Å². The highest BCUT2D eigenvalue weighted by Gasteiger charge is 2.05. The maximum Gasteiger partial charge on any atom is 0.264 e. The summed E-state index contributed by atoms with van der Waals surface area (Å²) in [6.45, 7) is 4.34. The molecule has 1 heterocycles. The van der Waals surface area contributed by atoms with Crippen LogP contribution in [0.1, 0.15) is 12.8 Å². The molecule has 0 spiro atoms. The smallest absolute Gasteiger partial charge is 0.264 e. The van der Waals surface area contributed by atoms with Crippen molar-refractivity contribution in [3.05, 3.63) is 25.3 Å². The van der Waals surface area contributed by atoms with Gasteiger partial charge in [-0.1, -0.05) is 6.58 Å². The first-order valence-electron chi connectivity index (χ1n) is 5.42. The molecule has 116 valence electrons. The van der Waals surface area contributed by atoms with E-state index in [1.807, 2.05) is 27.9 Å². The second-order valence-corrected chi connectivity index (χ2v) is 6.32. The molecule has 0 aliphatic heterocycles. The average Bonchev–Trinajstić information content (AvgIpc) is 2.68. The van der Waals surface area contributed by atoms with Crippen LogP contribution in [0.5, 0.6) is 0 Å². The van der Waals surface area contributed by atoms with Crippen LogP contribution in [0.4, 0.5) is 0 Å². The van der Waals surface area contributed by atoms with Gasteiger partial charge in [0.1, 0.15) is 12.4 Å². The van der Waals surface area contributed by atoms with Crippen LogP contribution < -0.4 is 9.46 Å². The van der Waals surface area contributed by atoms with Crippen molar-refractivity contribution in [2.75, 3.05) is 5.75 Å². The van der Waals surface area contributed by atoms with Gasteiger partial charge in [0.2, 0.25) is 6.33 Å². The molecular weight excluding hydrogens is 311 g/mol. The fourth-order valence-electron chi connectivity index (χ4n) is 1.23. The first kappa shape index (κ1) is 19.0. The van der Waals surface area contributed by atoms with Crippen LogP contribution in [0.2, 0.25) is 0 Å². The fourth-order valence-corrected chi connectivity index (χ4v) is 1.80. The summed E-state index contributed by atoms with van der Waals surface area (Å²) in [5, 5.41) is 0. The van der Waals surface area contributed by atoms with E-state index in [9.17, 15) is 8.42 Å². The summed E-state index contributed by atoms with van der Waals surface area (Å²) in [5.74, 6) is -0.171. The summed E-state index contributed by atoms with van der Waals surface area (Å²) in [4.78, 5) is 22.9. The van der Waals surface area contributed by atoms with Gasteiger partial charge in [0.25, 0.3) is 17.9 Å². The molecule has 9 nitrogen and oxygen atoms in total. The van der Waals surface area contributed by atoms with Gasteiger partial charge in [-0.3, -0.25) is 9.12 Å². The molecule has 0 fully saturated rings. The van der Waals surface area contributed by atoms with Gasteiger partial charge in [-0.2, -0.15) is 8.42 Å². The topological polar surface area (TPSA) is 144 Å². The van der Waals surface area contributed by atoms with Crippen LogP contribution in [0.15, 0.2) is 25.3 Å². The zero-order valence-electron chi connectivity index (χ0n) is 10.6. The van der Waals surface area contributed by atoms with Crippen molar-refractivity contribution in [2.45, 2.75) is 19.4 Å². The number of rotatable bonds is 6. The van der Waals surface area contributed by atoms with Crippen molar-refractivity contribution in [1.82, 2.24) is 4.57 Å². The Morgan fingerprint density at radius 1 is 1.40 bits per heavy atom. The van der Waals surface area contributed by atoms with E-state index in [2.05, 4.69) is 6.58 Å². The van der Waals surface area contributed by atoms with E-state index in [-0.39, 0.29) is 5.75 Å². The van der Waals surface area contributed by atoms with E-state index in [4.69, 9.17) is 23.8 Å².